The highest BCUT2D eigenvalue weighted by molar-refractivity contribution is 5.68. The van der Waals surface area contributed by atoms with E-state index >= 15 is 0 Å². The lowest BCUT2D eigenvalue weighted by atomic mass is 9.66. The zero-order valence-corrected chi connectivity index (χ0v) is 21.1. The van der Waals surface area contributed by atoms with Gasteiger partial charge in [0.15, 0.2) is 0 Å². The molecule has 1 amide bonds. The van der Waals surface area contributed by atoms with Crippen molar-refractivity contribution in [3.8, 4) is 0 Å². The number of ether oxygens (including phenoxy) is 1. The van der Waals surface area contributed by atoms with E-state index in [0.717, 1.165) is 25.6 Å². The minimum atomic E-state index is -0.428. The minimum absolute atomic E-state index is 0.274. The van der Waals surface area contributed by atoms with Crippen LogP contribution in [-0.4, -0.2) is 35.7 Å². The summed E-state index contributed by atoms with van der Waals surface area (Å²) in [6.45, 7) is 12.8. The molecular weight excluding hydrogens is 408 g/mol. The predicted molar refractivity (Wildman–Crippen MR) is 136 cm³/mol. The van der Waals surface area contributed by atoms with Gasteiger partial charge in [-0.15, -0.1) is 0 Å². The van der Waals surface area contributed by atoms with Gasteiger partial charge in [0, 0.05) is 25.7 Å². The number of nitrogens with zero attached hydrogens (tertiary/aromatic N) is 1. The molecule has 180 valence electrons. The Morgan fingerprint density at radius 2 is 1.48 bits per heavy atom. The standard InChI is InChI=1S/C18H26N2O2.C9H10.C2H6/c1-18(2,3)22-17(21)19-16-14-9-15(16)12-20(11-14)10-13-7-5-4-6-8-13;1-2-4-8(5-3-1)9-6-7-9;1-2/h4-8,14-16H,9-12H2,1-3H3,(H,19,21);1-5,9H,6-7H2;1-2H3. The minimum Gasteiger partial charge on any atom is -0.444 e. The molecule has 2 saturated heterocycles. The third kappa shape index (κ3) is 7.89. The number of nitrogens with one attached hydrogen (secondary N) is 1. The van der Waals surface area contributed by atoms with Crippen molar-refractivity contribution in [2.45, 2.75) is 78.0 Å². The summed E-state index contributed by atoms with van der Waals surface area (Å²) in [6.07, 6.45) is 3.77. The van der Waals surface area contributed by atoms with E-state index in [2.05, 4.69) is 70.9 Å². The number of alkyl carbamates (subject to hydrolysis) is 1. The summed E-state index contributed by atoms with van der Waals surface area (Å²) >= 11 is 0. The van der Waals surface area contributed by atoms with E-state index in [1.54, 1.807) is 0 Å². The topological polar surface area (TPSA) is 41.6 Å². The van der Waals surface area contributed by atoms with Crippen LogP contribution in [0.25, 0.3) is 0 Å². The SMILES string of the molecule is CC.CC(C)(C)OC(=O)NC1C2CC1CN(Cc1ccccc1)C2.c1ccc(C2CC2)cc1. The molecule has 2 unspecified atom stereocenters. The van der Waals surface area contributed by atoms with Gasteiger partial charge in [0.05, 0.1) is 0 Å². The third-order valence-corrected chi connectivity index (χ3v) is 6.39. The number of rotatable bonds is 4. The average molecular weight is 451 g/mol. The Bertz CT molecular complexity index is 831. The second-order valence-electron chi connectivity index (χ2n) is 10.3. The Kier molecular flexibility index (Phi) is 8.96. The molecule has 2 bridgehead atoms. The molecular formula is C29H42N2O2. The summed E-state index contributed by atoms with van der Waals surface area (Å²) in [4.78, 5) is 14.4. The van der Waals surface area contributed by atoms with Crippen LogP contribution in [0.3, 0.4) is 0 Å². The molecule has 6 rings (SSSR count). The zero-order chi connectivity index (χ0) is 23.8. The lowest BCUT2D eigenvalue weighted by Crippen LogP contribution is -2.64. The van der Waals surface area contributed by atoms with Crippen molar-refractivity contribution in [2.75, 3.05) is 13.1 Å². The molecule has 2 aliphatic heterocycles. The quantitative estimate of drug-likeness (QED) is 0.569. The summed E-state index contributed by atoms with van der Waals surface area (Å²) in [7, 11) is 0. The Balaban J connectivity index is 0.000000230. The van der Waals surface area contributed by atoms with Gasteiger partial charge in [-0.05, 0) is 68.9 Å². The van der Waals surface area contributed by atoms with Gasteiger partial charge in [0.1, 0.15) is 5.60 Å². The first-order valence-electron chi connectivity index (χ1n) is 12.7. The van der Waals surface area contributed by atoms with Gasteiger partial charge in [-0.2, -0.15) is 0 Å². The van der Waals surface area contributed by atoms with Crippen LogP contribution in [0, 0.1) is 11.8 Å². The molecule has 2 aromatic rings. The summed E-state index contributed by atoms with van der Waals surface area (Å²) in [5.41, 5.74) is 2.46. The van der Waals surface area contributed by atoms with E-state index < -0.39 is 5.60 Å². The van der Waals surface area contributed by atoms with E-state index in [0.29, 0.717) is 17.9 Å². The Morgan fingerprint density at radius 1 is 0.939 bits per heavy atom. The second kappa shape index (κ2) is 11.7. The maximum atomic E-state index is 11.9. The molecule has 0 spiro atoms. The van der Waals surface area contributed by atoms with Gasteiger partial charge in [-0.1, -0.05) is 74.5 Å². The van der Waals surface area contributed by atoms with Crippen molar-refractivity contribution in [3.05, 3.63) is 71.8 Å². The predicted octanol–water partition coefficient (Wildman–Crippen LogP) is 6.62. The molecule has 4 heteroatoms. The number of fused-ring (bicyclic) bond motifs is 2. The van der Waals surface area contributed by atoms with Gasteiger partial charge in [-0.25, -0.2) is 4.79 Å². The Labute approximate surface area is 200 Å². The maximum absolute atomic E-state index is 11.9. The van der Waals surface area contributed by atoms with Crippen molar-refractivity contribution in [3.63, 3.8) is 0 Å². The summed E-state index contributed by atoms with van der Waals surface area (Å²) in [5.74, 6) is 2.04. The van der Waals surface area contributed by atoms with Crippen molar-refractivity contribution in [1.82, 2.24) is 10.2 Å². The molecule has 1 N–H and O–H groups in total. The number of amides is 1. The van der Waals surface area contributed by atoms with Crippen LogP contribution in [0.15, 0.2) is 60.7 Å². The van der Waals surface area contributed by atoms with Crippen LogP contribution in [0.5, 0.6) is 0 Å². The highest BCUT2D eigenvalue weighted by Gasteiger charge is 2.47. The van der Waals surface area contributed by atoms with Gasteiger partial charge < -0.3 is 10.1 Å². The molecule has 0 radical (unpaired) electrons. The molecule has 33 heavy (non-hydrogen) atoms. The molecule has 4 nitrogen and oxygen atoms in total. The lowest BCUT2D eigenvalue weighted by Gasteiger charge is -2.53. The number of hydrogen-bond acceptors (Lipinski definition) is 3. The third-order valence-electron chi connectivity index (χ3n) is 6.39. The normalized spacial score (nSPS) is 23.6. The number of benzene rings is 2. The Morgan fingerprint density at radius 3 is 2.00 bits per heavy atom. The van der Waals surface area contributed by atoms with Crippen molar-refractivity contribution < 1.29 is 9.53 Å². The highest BCUT2D eigenvalue weighted by Crippen LogP contribution is 2.41. The van der Waals surface area contributed by atoms with Crippen LogP contribution in [0.4, 0.5) is 4.79 Å². The van der Waals surface area contributed by atoms with Crippen LogP contribution in [0.1, 0.15) is 70.9 Å². The second-order valence-corrected chi connectivity index (χ2v) is 10.3. The van der Waals surface area contributed by atoms with Gasteiger partial charge in [0.2, 0.25) is 0 Å². The molecule has 4 fully saturated rings. The summed E-state index contributed by atoms with van der Waals surface area (Å²) in [5, 5.41) is 3.07. The smallest absolute Gasteiger partial charge is 0.407 e. The Hall–Kier alpha value is -2.33. The van der Waals surface area contributed by atoms with Crippen molar-refractivity contribution in [2.24, 2.45) is 11.8 Å². The molecule has 4 aliphatic rings. The number of carbonyl (C=O) groups is 1. The fourth-order valence-electron chi connectivity index (χ4n) is 4.78. The van der Waals surface area contributed by atoms with Crippen molar-refractivity contribution in [1.29, 1.82) is 0 Å². The summed E-state index contributed by atoms with van der Waals surface area (Å²) in [6, 6.07) is 21.6. The largest absolute Gasteiger partial charge is 0.444 e. The van der Waals surface area contributed by atoms with Gasteiger partial charge in [0.25, 0.3) is 0 Å². The average Bonchev–Trinajstić information content (AvgIpc) is 3.65. The van der Waals surface area contributed by atoms with Crippen LogP contribution in [0.2, 0.25) is 0 Å². The molecule has 2 aromatic carbocycles. The first-order chi connectivity index (χ1) is 15.9. The van der Waals surface area contributed by atoms with Crippen LogP contribution >= 0.6 is 0 Å². The summed E-state index contributed by atoms with van der Waals surface area (Å²) < 4.78 is 5.37. The maximum Gasteiger partial charge on any atom is 0.407 e. The lowest BCUT2D eigenvalue weighted by molar-refractivity contribution is -0.0252. The van der Waals surface area contributed by atoms with Crippen molar-refractivity contribution >= 4 is 6.09 Å². The zero-order valence-electron chi connectivity index (χ0n) is 21.1. The number of carbonyl (C=O) groups excluding carboxylic acids is 1. The molecule has 2 aliphatic carbocycles. The number of piperidine rings is 2. The monoisotopic (exact) mass is 450 g/mol. The van der Waals surface area contributed by atoms with E-state index in [9.17, 15) is 4.79 Å². The van der Waals surface area contributed by atoms with E-state index in [1.165, 1.54) is 30.4 Å². The molecule has 0 aromatic heterocycles. The first-order valence-corrected chi connectivity index (χ1v) is 12.7. The fraction of sp³-hybridized carbons (Fsp3) is 0.552. The molecule has 2 heterocycles. The van der Waals surface area contributed by atoms with Gasteiger partial charge >= 0.3 is 6.09 Å². The van der Waals surface area contributed by atoms with Crippen LogP contribution in [-0.2, 0) is 11.3 Å². The van der Waals surface area contributed by atoms with E-state index in [4.69, 9.17) is 4.74 Å². The van der Waals surface area contributed by atoms with E-state index in [-0.39, 0.29) is 6.09 Å². The number of hydrogen-bond donors (Lipinski definition) is 1. The van der Waals surface area contributed by atoms with Crippen LogP contribution < -0.4 is 5.32 Å². The fourth-order valence-corrected chi connectivity index (χ4v) is 4.78. The van der Waals surface area contributed by atoms with Gasteiger partial charge in [-0.3, -0.25) is 4.90 Å². The molecule has 2 saturated carbocycles. The highest BCUT2D eigenvalue weighted by atomic mass is 16.6. The first kappa shape index (κ1) is 25.3. The van der Waals surface area contributed by atoms with E-state index in [1.807, 2.05) is 34.6 Å². The molecule has 2 atom stereocenters.